The quantitative estimate of drug-likeness (QED) is 0.389. The third kappa shape index (κ3) is 7.16. The average Bonchev–Trinajstić information content (AvgIpc) is 2.37. The van der Waals surface area contributed by atoms with Crippen LogP contribution in [-0.2, 0) is 19.1 Å². The van der Waals surface area contributed by atoms with Crippen LogP contribution in [0.3, 0.4) is 0 Å². The van der Waals surface area contributed by atoms with E-state index < -0.39 is 22.4 Å². The molecule has 0 aliphatic carbocycles. The molecule has 0 radical (unpaired) electrons. The van der Waals surface area contributed by atoms with Gasteiger partial charge < -0.3 is 9.47 Å². The van der Waals surface area contributed by atoms with E-state index in [1.54, 1.807) is 0 Å². The van der Waals surface area contributed by atoms with Gasteiger partial charge in [-0.3, -0.25) is 9.59 Å². The van der Waals surface area contributed by atoms with E-state index in [0.29, 0.717) is 13.2 Å². The van der Waals surface area contributed by atoms with Crippen molar-refractivity contribution in [2.45, 2.75) is 50.0 Å². The summed E-state index contributed by atoms with van der Waals surface area (Å²) in [6.07, 6.45) is 3.47. The van der Waals surface area contributed by atoms with Gasteiger partial charge in [0.05, 0.1) is 13.2 Å². The number of hydrogen-bond donors (Lipinski definition) is 2. The van der Waals surface area contributed by atoms with E-state index in [1.807, 2.05) is 13.8 Å². The van der Waals surface area contributed by atoms with Crippen molar-refractivity contribution in [1.29, 1.82) is 0 Å². The Morgan fingerprint density at radius 1 is 0.889 bits per heavy atom. The van der Waals surface area contributed by atoms with Gasteiger partial charge >= 0.3 is 11.9 Å². The van der Waals surface area contributed by atoms with Gasteiger partial charge in [0.1, 0.15) is 10.5 Å². The minimum absolute atomic E-state index is 0.345. The highest BCUT2D eigenvalue weighted by Crippen LogP contribution is 2.13. The molecule has 0 amide bonds. The summed E-state index contributed by atoms with van der Waals surface area (Å²) in [5.74, 6) is -1.06. The fourth-order valence-electron chi connectivity index (χ4n) is 1.06. The van der Waals surface area contributed by atoms with Gasteiger partial charge in [0.25, 0.3) is 0 Å². The van der Waals surface area contributed by atoms with Crippen molar-refractivity contribution >= 4 is 37.2 Å². The Hall–Kier alpha value is -0.360. The Labute approximate surface area is 120 Å². The molecule has 18 heavy (non-hydrogen) atoms. The van der Waals surface area contributed by atoms with Crippen LogP contribution in [0.25, 0.3) is 0 Å². The maximum absolute atomic E-state index is 11.5. The fraction of sp³-hybridized carbons (Fsp3) is 0.833. The summed E-state index contributed by atoms with van der Waals surface area (Å²) in [4.78, 5) is 23.1. The number of esters is 2. The number of rotatable bonds is 9. The lowest BCUT2D eigenvalue weighted by atomic mass is 10.3. The molecule has 0 aromatic rings. The summed E-state index contributed by atoms with van der Waals surface area (Å²) in [5, 5.41) is -1.78. The van der Waals surface area contributed by atoms with E-state index in [9.17, 15) is 9.59 Å². The first-order valence-electron chi connectivity index (χ1n) is 6.24. The van der Waals surface area contributed by atoms with E-state index in [2.05, 4.69) is 25.3 Å². The van der Waals surface area contributed by atoms with E-state index in [-0.39, 0.29) is 0 Å². The molecule has 6 heteroatoms. The van der Waals surface area contributed by atoms with Crippen LogP contribution in [0, 0.1) is 0 Å². The summed E-state index contributed by atoms with van der Waals surface area (Å²) in [6, 6.07) is 0. The second kappa shape index (κ2) is 10.6. The molecule has 0 spiro atoms. The van der Waals surface area contributed by atoms with Crippen molar-refractivity contribution in [3.05, 3.63) is 0 Å². The summed E-state index contributed by atoms with van der Waals surface area (Å²) < 4.78 is 9.94. The van der Waals surface area contributed by atoms with Gasteiger partial charge in [-0.05, 0) is 12.8 Å². The third-order valence-electron chi connectivity index (χ3n) is 2.27. The smallest absolute Gasteiger partial charge is 0.320 e. The molecule has 0 aromatic carbocycles. The Morgan fingerprint density at radius 3 is 1.50 bits per heavy atom. The largest absolute Gasteiger partial charge is 0.465 e. The van der Waals surface area contributed by atoms with Crippen LogP contribution in [0.15, 0.2) is 0 Å². The van der Waals surface area contributed by atoms with Crippen molar-refractivity contribution in [3.8, 4) is 0 Å². The Bertz CT molecular complexity index is 232. The minimum Gasteiger partial charge on any atom is -0.465 e. The molecule has 0 saturated carbocycles. The summed E-state index contributed by atoms with van der Waals surface area (Å²) in [6.45, 7) is 4.69. The van der Waals surface area contributed by atoms with Gasteiger partial charge in [-0.15, -0.1) is 0 Å². The molecule has 0 aromatic heterocycles. The molecule has 0 rings (SSSR count). The molecule has 106 valence electrons. The highest BCUT2D eigenvalue weighted by molar-refractivity contribution is 7.86. The molecular weight excluding hydrogens is 272 g/mol. The van der Waals surface area contributed by atoms with Gasteiger partial charge in [0, 0.05) is 0 Å². The monoisotopic (exact) mass is 294 g/mol. The maximum atomic E-state index is 11.5. The topological polar surface area (TPSA) is 52.6 Å². The highest BCUT2D eigenvalue weighted by Gasteiger charge is 2.30. The number of thiol groups is 2. The predicted octanol–water partition coefficient (Wildman–Crippen LogP) is 2.27. The SMILES string of the molecule is CCCCOC(=O)C(S)C(S)C(=O)OCCCC. The maximum Gasteiger partial charge on any atom is 0.320 e. The van der Waals surface area contributed by atoms with Crippen molar-refractivity contribution in [1.82, 2.24) is 0 Å². The number of carbonyl (C=O) groups is 2. The van der Waals surface area contributed by atoms with Crippen LogP contribution >= 0.6 is 25.3 Å². The second-order valence-electron chi connectivity index (χ2n) is 3.93. The zero-order valence-electron chi connectivity index (χ0n) is 10.9. The molecule has 0 saturated heterocycles. The van der Waals surface area contributed by atoms with Crippen LogP contribution in [0.1, 0.15) is 39.5 Å². The van der Waals surface area contributed by atoms with Gasteiger partial charge in [0.2, 0.25) is 0 Å². The first kappa shape index (κ1) is 17.6. The van der Waals surface area contributed by atoms with Gasteiger partial charge in [0.15, 0.2) is 0 Å². The molecule has 0 aliphatic rings. The number of hydrogen-bond acceptors (Lipinski definition) is 6. The lowest BCUT2D eigenvalue weighted by molar-refractivity contribution is -0.149. The van der Waals surface area contributed by atoms with Crippen LogP contribution in [-0.4, -0.2) is 35.7 Å². The second-order valence-corrected chi connectivity index (χ2v) is 5.04. The van der Waals surface area contributed by atoms with Crippen LogP contribution in [0.2, 0.25) is 0 Å². The molecule has 0 fully saturated rings. The standard InChI is InChI=1S/C12H22O4S2/c1-3-5-7-15-11(13)9(17)10(18)12(14)16-8-6-4-2/h9-10,17-18H,3-8H2,1-2H3. The predicted molar refractivity (Wildman–Crippen MR) is 77.3 cm³/mol. The molecule has 4 nitrogen and oxygen atoms in total. The molecule has 2 unspecified atom stereocenters. The molecule has 0 bridgehead atoms. The Kier molecular flexibility index (Phi) is 10.3. The first-order valence-corrected chi connectivity index (χ1v) is 7.27. The number of carbonyl (C=O) groups excluding carboxylic acids is 2. The van der Waals surface area contributed by atoms with E-state index in [1.165, 1.54) is 0 Å². The molecule has 2 atom stereocenters. The zero-order valence-corrected chi connectivity index (χ0v) is 12.7. The zero-order chi connectivity index (χ0) is 14.0. The minimum atomic E-state index is -0.890. The first-order chi connectivity index (χ1) is 8.54. The lowest BCUT2D eigenvalue weighted by Gasteiger charge is -2.16. The molecular formula is C12H22O4S2. The van der Waals surface area contributed by atoms with Gasteiger partial charge in [-0.25, -0.2) is 0 Å². The average molecular weight is 294 g/mol. The van der Waals surface area contributed by atoms with Crippen molar-refractivity contribution in [3.63, 3.8) is 0 Å². The summed E-state index contributed by atoms with van der Waals surface area (Å²) in [5.41, 5.74) is 0. The summed E-state index contributed by atoms with van der Waals surface area (Å²) in [7, 11) is 0. The van der Waals surface area contributed by atoms with Crippen molar-refractivity contribution in [2.24, 2.45) is 0 Å². The number of unbranched alkanes of at least 4 members (excludes halogenated alkanes) is 2. The lowest BCUT2D eigenvalue weighted by Crippen LogP contribution is -2.34. The fourth-order valence-corrected chi connectivity index (χ4v) is 1.46. The van der Waals surface area contributed by atoms with Crippen molar-refractivity contribution < 1.29 is 19.1 Å². The summed E-state index contributed by atoms with van der Waals surface area (Å²) >= 11 is 8.11. The molecule has 0 aliphatic heterocycles. The Balaban J connectivity index is 4.02. The van der Waals surface area contributed by atoms with E-state index in [4.69, 9.17) is 9.47 Å². The van der Waals surface area contributed by atoms with E-state index >= 15 is 0 Å². The van der Waals surface area contributed by atoms with Crippen LogP contribution in [0.5, 0.6) is 0 Å². The van der Waals surface area contributed by atoms with Crippen molar-refractivity contribution in [2.75, 3.05) is 13.2 Å². The Morgan fingerprint density at radius 2 is 1.22 bits per heavy atom. The van der Waals surface area contributed by atoms with Crippen LogP contribution < -0.4 is 0 Å². The van der Waals surface area contributed by atoms with Crippen LogP contribution in [0.4, 0.5) is 0 Å². The van der Waals surface area contributed by atoms with Gasteiger partial charge in [-0.1, -0.05) is 26.7 Å². The highest BCUT2D eigenvalue weighted by atomic mass is 32.1. The molecule has 0 N–H and O–H groups in total. The number of ether oxygens (including phenoxy) is 2. The molecule has 0 heterocycles. The van der Waals surface area contributed by atoms with Gasteiger partial charge in [-0.2, -0.15) is 25.3 Å². The normalized spacial score (nSPS) is 13.8. The third-order valence-corrected chi connectivity index (χ3v) is 3.52. The van der Waals surface area contributed by atoms with E-state index in [0.717, 1.165) is 25.7 Å².